The van der Waals surface area contributed by atoms with Crippen LogP contribution in [0.5, 0.6) is 11.5 Å². The Kier molecular flexibility index (Phi) is 4.05. The first-order valence-corrected chi connectivity index (χ1v) is 9.18. The molecule has 5 nitrogen and oxygen atoms in total. The molecular formula is C18H21NO4S. The smallest absolute Gasteiger partial charge is 0.246 e. The Hall–Kier alpha value is -2.05. The number of benzene rings is 2. The lowest BCUT2D eigenvalue weighted by Gasteiger charge is -2.21. The number of ether oxygens (including phenoxy) is 1. The number of hydrogen-bond acceptors (Lipinski definition) is 4. The Morgan fingerprint density at radius 3 is 2.50 bits per heavy atom. The number of phenolic OH excluding ortho intramolecular Hbond substituents is 1. The lowest BCUT2D eigenvalue weighted by atomic mass is 10.0. The van der Waals surface area contributed by atoms with Crippen molar-refractivity contribution in [3.63, 3.8) is 0 Å². The molecule has 0 atom stereocenters. The number of aromatic hydroxyl groups is 1. The monoisotopic (exact) mass is 347 g/mol. The molecule has 1 N–H and O–H groups in total. The van der Waals surface area contributed by atoms with E-state index in [2.05, 4.69) is 0 Å². The second-order valence-electron chi connectivity index (χ2n) is 6.71. The van der Waals surface area contributed by atoms with Gasteiger partial charge in [-0.15, -0.1) is 0 Å². The van der Waals surface area contributed by atoms with Crippen LogP contribution in [0.15, 0.2) is 47.4 Å². The first kappa shape index (κ1) is 16.8. The minimum Gasteiger partial charge on any atom is -0.508 e. The molecule has 0 aliphatic carbocycles. The zero-order chi connectivity index (χ0) is 17.5. The number of sulfonamides is 1. The Balaban J connectivity index is 1.92. The lowest BCUT2D eigenvalue weighted by molar-refractivity contribution is 0.135. The molecule has 3 rings (SSSR count). The van der Waals surface area contributed by atoms with Crippen molar-refractivity contribution in [3.8, 4) is 11.5 Å². The van der Waals surface area contributed by atoms with Gasteiger partial charge in [0.25, 0.3) is 0 Å². The van der Waals surface area contributed by atoms with E-state index in [1.807, 2.05) is 19.9 Å². The van der Waals surface area contributed by atoms with Gasteiger partial charge in [-0.25, -0.2) is 8.42 Å². The molecule has 0 saturated heterocycles. The predicted molar refractivity (Wildman–Crippen MR) is 91.6 cm³/mol. The van der Waals surface area contributed by atoms with Crippen LogP contribution in [0.4, 0.5) is 0 Å². The van der Waals surface area contributed by atoms with E-state index in [9.17, 15) is 13.5 Å². The highest BCUT2D eigenvalue weighted by molar-refractivity contribution is 7.89. The second kappa shape index (κ2) is 5.79. The van der Waals surface area contributed by atoms with Gasteiger partial charge in [0.1, 0.15) is 22.0 Å². The number of fused-ring (bicyclic) bond motifs is 1. The maximum absolute atomic E-state index is 13.0. The molecule has 2 aromatic rings. The van der Waals surface area contributed by atoms with Crippen LogP contribution in [-0.2, 0) is 23.0 Å². The van der Waals surface area contributed by atoms with Crippen LogP contribution in [-0.4, -0.2) is 30.5 Å². The first-order valence-electron chi connectivity index (χ1n) is 7.74. The molecule has 6 heteroatoms. The van der Waals surface area contributed by atoms with Gasteiger partial charge < -0.3 is 9.84 Å². The van der Waals surface area contributed by atoms with Crippen molar-refractivity contribution in [1.29, 1.82) is 0 Å². The molecule has 1 heterocycles. The topological polar surface area (TPSA) is 66.8 Å². The number of hydrogen-bond donors (Lipinski definition) is 1. The van der Waals surface area contributed by atoms with Gasteiger partial charge >= 0.3 is 0 Å². The van der Waals surface area contributed by atoms with Crippen molar-refractivity contribution in [1.82, 2.24) is 4.31 Å². The predicted octanol–water partition coefficient (Wildman–Crippen LogP) is 2.93. The molecule has 2 aromatic carbocycles. The van der Waals surface area contributed by atoms with E-state index in [-0.39, 0.29) is 17.2 Å². The number of phenols is 1. The molecule has 0 fully saturated rings. The molecule has 0 bridgehead atoms. The first-order chi connectivity index (χ1) is 11.2. The van der Waals surface area contributed by atoms with Gasteiger partial charge in [-0.05, 0) is 43.2 Å². The maximum atomic E-state index is 13.0. The summed E-state index contributed by atoms with van der Waals surface area (Å²) in [7, 11) is -2.13. The summed E-state index contributed by atoms with van der Waals surface area (Å²) in [6.07, 6.45) is 0.688. The fourth-order valence-electron chi connectivity index (χ4n) is 2.90. The van der Waals surface area contributed by atoms with Crippen molar-refractivity contribution >= 4 is 10.0 Å². The summed E-state index contributed by atoms with van der Waals surface area (Å²) in [5, 5.41) is 9.34. The van der Waals surface area contributed by atoms with Crippen LogP contribution in [0.1, 0.15) is 25.0 Å². The quantitative estimate of drug-likeness (QED) is 0.923. The van der Waals surface area contributed by atoms with Crippen molar-refractivity contribution in [2.45, 2.75) is 37.3 Å². The number of para-hydroxylation sites is 1. The fourth-order valence-corrected chi connectivity index (χ4v) is 4.21. The van der Waals surface area contributed by atoms with Crippen LogP contribution in [0, 0.1) is 0 Å². The minimum atomic E-state index is -3.68. The van der Waals surface area contributed by atoms with Crippen LogP contribution in [0.3, 0.4) is 0 Å². The standard InChI is InChI=1S/C18H21NO4S/c1-18(2)11-14-5-4-6-16(17(14)23-18)24(21,22)19(3)12-13-7-9-15(20)10-8-13/h4-10,20H,11-12H2,1-3H3. The summed E-state index contributed by atoms with van der Waals surface area (Å²) >= 11 is 0. The summed E-state index contributed by atoms with van der Waals surface area (Å²) in [5.41, 5.74) is 1.32. The van der Waals surface area contributed by atoms with Gasteiger partial charge in [-0.2, -0.15) is 4.31 Å². The molecule has 0 aromatic heterocycles. The Morgan fingerprint density at radius 2 is 1.83 bits per heavy atom. The highest BCUT2D eigenvalue weighted by atomic mass is 32.2. The van der Waals surface area contributed by atoms with E-state index < -0.39 is 15.6 Å². The average Bonchev–Trinajstić information content (AvgIpc) is 2.82. The van der Waals surface area contributed by atoms with Gasteiger partial charge in [-0.3, -0.25) is 0 Å². The molecular weight excluding hydrogens is 326 g/mol. The third kappa shape index (κ3) is 3.12. The average molecular weight is 347 g/mol. The lowest BCUT2D eigenvalue weighted by Crippen LogP contribution is -2.28. The van der Waals surface area contributed by atoms with Crippen LogP contribution >= 0.6 is 0 Å². The molecule has 128 valence electrons. The third-order valence-corrected chi connectivity index (χ3v) is 5.91. The van der Waals surface area contributed by atoms with Crippen LogP contribution in [0.2, 0.25) is 0 Å². The molecule has 0 saturated carbocycles. The van der Waals surface area contributed by atoms with E-state index in [1.165, 1.54) is 4.31 Å². The summed E-state index contributed by atoms with van der Waals surface area (Å²) in [6, 6.07) is 11.7. The summed E-state index contributed by atoms with van der Waals surface area (Å²) < 4.78 is 33.1. The van der Waals surface area contributed by atoms with E-state index in [4.69, 9.17) is 4.74 Å². The van der Waals surface area contributed by atoms with Gasteiger partial charge in [0.15, 0.2) is 0 Å². The van der Waals surface area contributed by atoms with E-state index in [0.717, 1.165) is 11.1 Å². The van der Waals surface area contributed by atoms with Crippen LogP contribution < -0.4 is 4.74 Å². The van der Waals surface area contributed by atoms with Gasteiger partial charge in [0.05, 0.1) is 0 Å². The van der Waals surface area contributed by atoms with Crippen molar-refractivity contribution in [2.75, 3.05) is 7.05 Å². The summed E-state index contributed by atoms with van der Waals surface area (Å²) in [5.74, 6) is 0.612. The highest BCUT2D eigenvalue weighted by Crippen LogP contribution is 2.40. The molecule has 24 heavy (non-hydrogen) atoms. The molecule has 1 aliphatic rings. The highest BCUT2D eigenvalue weighted by Gasteiger charge is 2.36. The Bertz CT molecular complexity index is 857. The molecule has 0 unspecified atom stereocenters. The second-order valence-corrected chi connectivity index (χ2v) is 8.72. The molecule has 1 aliphatic heterocycles. The minimum absolute atomic E-state index is 0.153. The molecule has 0 amide bonds. The van der Waals surface area contributed by atoms with Gasteiger partial charge in [0.2, 0.25) is 10.0 Å². The zero-order valence-electron chi connectivity index (χ0n) is 14.0. The van der Waals surface area contributed by atoms with Crippen molar-refractivity contribution < 1.29 is 18.3 Å². The van der Waals surface area contributed by atoms with E-state index in [1.54, 1.807) is 43.4 Å². The molecule has 0 spiro atoms. The third-order valence-electron chi connectivity index (χ3n) is 4.08. The largest absolute Gasteiger partial charge is 0.508 e. The van der Waals surface area contributed by atoms with Gasteiger partial charge in [-0.1, -0.05) is 24.3 Å². The van der Waals surface area contributed by atoms with Crippen molar-refractivity contribution in [2.24, 2.45) is 0 Å². The van der Waals surface area contributed by atoms with Crippen molar-refractivity contribution in [3.05, 3.63) is 53.6 Å². The van der Waals surface area contributed by atoms with Gasteiger partial charge in [0, 0.05) is 20.0 Å². The zero-order valence-corrected chi connectivity index (χ0v) is 14.8. The van der Waals surface area contributed by atoms with E-state index in [0.29, 0.717) is 12.2 Å². The Morgan fingerprint density at radius 1 is 1.17 bits per heavy atom. The number of nitrogens with zero attached hydrogens (tertiary/aromatic N) is 1. The summed E-state index contributed by atoms with van der Waals surface area (Å²) in [6.45, 7) is 4.11. The Labute approximate surface area is 142 Å². The van der Waals surface area contributed by atoms with Crippen LogP contribution in [0.25, 0.3) is 0 Å². The number of rotatable bonds is 4. The molecule has 0 radical (unpaired) electrons. The summed E-state index contributed by atoms with van der Waals surface area (Å²) in [4.78, 5) is 0.201. The SMILES string of the molecule is CN(Cc1ccc(O)cc1)S(=O)(=O)c1cccc2c1OC(C)(C)C2. The maximum Gasteiger partial charge on any atom is 0.246 e. The normalized spacial score (nSPS) is 16.0. The fraction of sp³-hybridized carbons (Fsp3) is 0.333. The van der Waals surface area contributed by atoms with E-state index >= 15 is 0 Å².